The van der Waals surface area contributed by atoms with E-state index < -0.39 is 53.1 Å². The fraction of sp³-hybridized carbons (Fsp3) is 0.778. The van der Waals surface area contributed by atoms with Crippen LogP contribution in [0.4, 0.5) is 70.2 Å². The highest BCUT2D eigenvalue weighted by Gasteiger charge is 3.05. The van der Waals surface area contributed by atoms with Crippen LogP contribution in [-0.4, -0.2) is 41.2 Å². The fourth-order valence-electron chi connectivity index (χ4n) is 1.89. The van der Waals surface area contributed by atoms with Crippen LogP contribution in [0.1, 0.15) is 0 Å². The number of alkyl halides is 13. The summed E-state index contributed by atoms with van der Waals surface area (Å²) in [5.41, 5.74) is -8.20. The lowest BCUT2D eigenvalue weighted by atomic mass is 9.69. The summed E-state index contributed by atoms with van der Waals surface area (Å²) in [6.45, 7) is 0. The maximum absolute atomic E-state index is 13.7. The van der Waals surface area contributed by atoms with Gasteiger partial charge in [-0.05, 0) is 0 Å². The highest BCUT2D eigenvalue weighted by Crippen LogP contribution is 2.73. The highest BCUT2D eigenvalue weighted by molar-refractivity contribution is 5.34. The third-order valence-electron chi connectivity index (χ3n) is 3.32. The molecule has 16 heteroatoms. The van der Waals surface area contributed by atoms with Crippen molar-refractivity contribution in [3.63, 3.8) is 0 Å². The van der Waals surface area contributed by atoms with Gasteiger partial charge in [-0.25, -0.2) is 4.39 Å². The Balaban J connectivity index is 4.07. The van der Waals surface area contributed by atoms with Crippen molar-refractivity contribution in [2.24, 2.45) is 0 Å². The second-order valence-electron chi connectivity index (χ2n) is 4.68. The molecule has 0 aromatic rings. The second-order valence-corrected chi connectivity index (χ2v) is 4.68. The normalized spacial score (nSPS) is 28.3. The molecule has 0 heterocycles. The number of allylic oxidation sites excluding steroid dienone is 1. The molecule has 25 heavy (non-hydrogen) atoms. The van der Waals surface area contributed by atoms with E-state index in [-0.39, 0.29) is 0 Å². The molecule has 1 rings (SSSR count). The number of hydrogen-bond acceptors (Lipinski definition) is 0. The van der Waals surface area contributed by atoms with Gasteiger partial charge in [-0.1, -0.05) is 0 Å². The van der Waals surface area contributed by atoms with Crippen LogP contribution in [0.5, 0.6) is 0 Å². The Morgan fingerprint density at radius 1 is 0.480 bits per heavy atom. The summed E-state index contributed by atoms with van der Waals surface area (Å²) in [6.07, 6.45) is -4.53. The third-order valence-corrected chi connectivity index (χ3v) is 3.32. The zero-order chi connectivity index (χ0) is 20.7. The van der Waals surface area contributed by atoms with Crippen molar-refractivity contribution >= 4 is 0 Å². The molecule has 0 bridgehead atoms. The van der Waals surface area contributed by atoms with Crippen LogP contribution in [0.3, 0.4) is 0 Å². The van der Waals surface area contributed by atoms with Crippen molar-refractivity contribution in [1.29, 1.82) is 0 Å². The quantitative estimate of drug-likeness (QED) is 0.519. The zero-order valence-electron chi connectivity index (χ0n) is 10.5. The van der Waals surface area contributed by atoms with Crippen molar-refractivity contribution in [3.8, 4) is 0 Å². The van der Waals surface area contributed by atoms with Crippen molar-refractivity contribution in [1.82, 2.24) is 0 Å². The molecule has 1 fully saturated rings. The van der Waals surface area contributed by atoms with E-state index in [2.05, 4.69) is 0 Å². The second kappa shape index (κ2) is 4.86. The smallest absolute Gasteiger partial charge is 0.222 e. The number of halogens is 16. The summed E-state index contributed by atoms with van der Waals surface area (Å²) < 4.78 is 205. The summed E-state index contributed by atoms with van der Waals surface area (Å²) in [6, 6.07) is 0. The van der Waals surface area contributed by atoms with Gasteiger partial charge >= 0.3 is 47.3 Å². The van der Waals surface area contributed by atoms with E-state index in [9.17, 15) is 70.2 Å². The van der Waals surface area contributed by atoms with Gasteiger partial charge < -0.3 is 0 Å². The van der Waals surface area contributed by atoms with Crippen LogP contribution in [0.15, 0.2) is 11.9 Å². The van der Waals surface area contributed by atoms with Crippen LogP contribution in [0, 0.1) is 0 Å². The summed E-state index contributed by atoms with van der Waals surface area (Å²) in [5, 5.41) is 0. The Kier molecular flexibility index (Phi) is 4.22. The first-order chi connectivity index (χ1) is 10.6. The van der Waals surface area contributed by atoms with E-state index in [1.165, 1.54) is 0 Å². The molecule has 0 N–H and O–H groups in total. The van der Waals surface area contributed by atoms with E-state index in [0.717, 1.165) is 0 Å². The third kappa shape index (κ3) is 1.88. The van der Waals surface area contributed by atoms with E-state index in [1.54, 1.807) is 0 Å². The lowest BCUT2D eigenvalue weighted by Crippen LogP contribution is -2.87. The van der Waals surface area contributed by atoms with Crippen LogP contribution < -0.4 is 0 Å². The molecular weight excluding hydrogens is 412 g/mol. The topological polar surface area (TPSA) is 0 Å². The SMILES string of the molecule is FC(F)=C(F)C(F)(F)C1(F)C(F)(F)C(F)(F)C(F)(F)C(F)(F)C1(F)F. The molecule has 0 aromatic carbocycles. The van der Waals surface area contributed by atoms with Gasteiger partial charge in [0.25, 0.3) is 0 Å². The number of hydrogen-bond donors (Lipinski definition) is 0. The maximum Gasteiger partial charge on any atom is 0.384 e. The van der Waals surface area contributed by atoms with Gasteiger partial charge in [0.05, 0.1) is 0 Å². The largest absolute Gasteiger partial charge is 0.384 e. The van der Waals surface area contributed by atoms with E-state index in [0.29, 0.717) is 0 Å². The molecule has 0 unspecified atom stereocenters. The first kappa shape index (κ1) is 21.7. The Morgan fingerprint density at radius 3 is 0.960 bits per heavy atom. The monoisotopic (exact) mass is 412 g/mol. The van der Waals surface area contributed by atoms with Gasteiger partial charge in [0, 0.05) is 0 Å². The van der Waals surface area contributed by atoms with Gasteiger partial charge in [-0.2, -0.15) is 65.9 Å². The van der Waals surface area contributed by atoms with Gasteiger partial charge in [0.15, 0.2) is 0 Å². The Bertz CT molecular complexity index is 563. The minimum absolute atomic E-state index is 4.53. The standard InChI is InChI=1S/C9F16/c10-1(2(11)12)3(13,14)4(15)5(16,17)7(20,21)9(24,25)8(22,23)6(4,18)19. The first-order valence-corrected chi connectivity index (χ1v) is 5.27. The molecular formula is C9F16. The van der Waals surface area contributed by atoms with Gasteiger partial charge in [-0.3, -0.25) is 0 Å². The number of rotatable bonds is 2. The molecule has 1 saturated carbocycles. The summed E-state index contributed by atoms with van der Waals surface area (Å²) in [7, 11) is 0. The molecule has 1 aliphatic rings. The lowest BCUT2D eigenvalue weighted by Gasteiger charge is -2.53. The highest BCUT2D eigenvalue weighted by atomic mass is 19.4. The maximum atomic E-state index is 13.7. The molecule has 0 amide bonds. The molecule has 1 aliphatic carbocycles. The van der Waals surface area contributed by atoms with E-state index >= 15 is 0 Å². The Labute approximate surface area is 125 Å². The molecule has 0 radical (unpaired) electrons. The summed E-state index contributed by atoms with van der Waals surface area (Å²) in [5.74, 6) is -52.6. The average molecular weight is 412 g/mol. The zero-order valence-corrected chi connectivity index (χ0v) is 10.5. The fourth-order valence-corrected chi connectivity index (χ4v) is 1.89. The van der Waals surface area contributed by atoms with Gasteiger partial charge in [0.1, 0.15) is 0 Å². The Hall–Kier alpha value is -1.38. The Morgan fingerprint density at radius 2 is 0.720 bits per heavy atom. The van der Waals surface area contributed by atoms with Crippen molar-refractivity contribution in [3.05, 3.63) is 11.9 Å². The predicted octanol–water partition coefficient (Wildman–Crippen LogP) is 5.60. The molecule has 0 aromatic heterocycles. The van der Waals surface area contributed by atoms with E-state index in [4.69, 9.17) is 0 Å². The molecule has 0 saturated heterocycles. The first-order valence-electron chi connectivity index (χ1n) is 5.27. The molecule has 0 nitrogen and oxygen atoms in total. The van der Waals surface area contributed by atoms with Crippen molar-refractivity contribution in [2.75, 3.05) is 0 Å². The minimum Gasteiger partial charge on any atom is -0.222 e. The molecule has 148 valence electrons. The van der Waals surface area contributed by atoms with Crippen molar-refractivity contribution in [2.45, 2.75) is 41.2 Å². The predicted molar refractivity (Wildman–Crippen MR) is 43.9 cm³/mol. The molecule has 0 atom stereocenters. The minimum atomic E-state index is -8.20. The van der Waals surface area contributed by atoms with Crippen LogP contribution in [0.2, 0.25) is 0 Å². The summed E-state index contributed by atoms with van der Waals surface area (Å²) in [4.78, 5) is 0. The van der Waals surface area contributed by atoms with Crippen LogP contribution >= 0.6 is 0 Å². The lowest BCUT2D eigenvalue weighted by molar-refractivity contribution is -0.503. The van der Waals surface area contributed by atoms with E-state index in [1.807, 2.05) is 0 Å². The van der Waals surface area contributed by atoms with Gasteiger partial charge in [-0.15, -0.1) is 0 Å². The average Bonchev–Trinajstić information content (AvgIpc) is 2.42. The van der Waals surface area contributed by atoms with Crippen LogP contribution in [0.25, 0.3) is 0 Å². The molecule has 0 spiro atoms. The van der Waals surface area contributed by atoms with Crippen LogP contribution in [-0.2, 0) is 0 Å². The molecule has 0 aliphatic heterocycles. The summed E-state index contributed by atoms with van der Waals surface area (Å²) >= 11 is 0. The van der Waals surface area contributed by atoms with Crippen molar-refractivity contribution < 1.29 is 70.2 Å². The van der Waals surface area contributed by atoms with Gasteiger partial charge in [0.2, 0.25) is 5.83 Å².